The molecule has 0 fully saturated rings. The highest BCUT2D eigenvalue weighted by Gasteiger charge is 2.18. The average Bonchev–Trinajstić information content (AvgIpc) is 2.88. The van der Waals surface area contributed by atoms with E-state index in [4.69, 9.17) is 0 Å². The standard InChI is InChI=1S/C26H24N4O3S/c31-26(29-18-17-28-22-13-15-27-16-14-22)21-9-6-10-23(19-21)34(32,33)30-25-12-5-4-11-24(25)20-7-2-1-3-8-20/h1-16,19,30H,17-18H2,(H,27,28)(H,29,31). The second-order valence-electron chi connectivity index (χ2n) is 7.46. The Hall–Kier alpha value is -4.17. The van der Waals surface area contributed by atoms with Crippen molar-refractivity contribution in [2.75, 3.05) is 23.1 Å². The topological polar surface area (TPSA) is 100 Å². The number of sulfonamides is 1. The summed E-state index contributed by atoms with van der Waals surface area (Å²) in [6.07, 6.45) is 3.36. The molecule has 1 amide bonds. The van der Waals surface area contributed by atoms with Crippen LogP contribution in [0.4, 0.5) is 11.4 Å². The maximum absolute atomic E-state index is 13.1. The molecule has 7 nitrogen and oxygen atoms in total. The van der Waals surface area contributed by atoms with Gasteiger partial charge in [0.25, 0.3) is 15.9 Å². The normalized spacial score (nSPS) is 10.9. The van der Waals surface area contributed by atoms with Crippen molar-refractivity contribution in [3.63, 3.8) is 0 Å². The SMILES string of the molecule is O=C(NCCNc1ccncc1)c1cccc(S(=O)(=O)Nc2ccccc2-c2ccccc2)c1. The van der Waals surface area contributed by atoms with E-state index in [0.717, 1.165) is 16.8 Å². The lowest BCUT2D eigenvalue weighted by atomic mass is 10.0. The number of para-hydroxylation sites is 1. The summed E-state index contributed by atoms with van der Waals surface area (Å²) < 4.78 is 28.9. The van der Waals surface area contributed by atoms with Crippen LogP contribution in [0.3, 0.4) is 0 Å². The van der Waals surface area contributed by atoms with Crippen molar-refractivity contribution in [3.05, 3.63) is 109 Å². The lowest BCUT2D eigenvalue weighted by molar-refractivity contribution is 0.0955. The third kappa shape index (κ3) is 5.79. The summed E-state index contributed by atoms with van der Waals surface area (Å²) in [7, 11) is -3.91. The first-order valence-electron chi connectivity index (χ1n) is 10.7. The van der Waals surface area contributed by atoms with Crippen LogP contribution in [0.25, 0.3) is 11.1 Å². The van der Waals surface area contributed by atoms with Crippen LogP contribution in [0.15, 0.2) is 108 Å². The fraction of sp³-hybridized carbons (Fsp3) is 0.0769. The molecule has 3 N–H and O–H groups in total. The predicted molar refractivity (Wildman–Crippen MR) is 134 cm³/mol. The van der Waals surface area contributed by atoms with Gasteiger partial charge in [-0.1, -0.05) is 54.6 Å². The number of hydrogen-bond acceptors (Lipinski definition) is 5. The molecule has 0 radical (unpaired) electrons. The highest BCUT2D eigenvalue weighted by atomic mass is 32.2. The molecule has 0 spiro atoms. The molecule has 1 heterocycles. The van der Waals surface area contributed by atoms with E-state index in [9.17, 15) is 13.2 Å². The fourth-order valence-corrected chi connectivity index (χ4v) is 4.53. The average molecular weight is 473 g/mol. The van der Waals surface area contributed by atoms with Gasteiger partial charge in [0.2, 0.25) is 0 Å². The summed E-state index contributed by atoms with van der Waals surface area (Å²) in [5, 5.41) is 5.97. The molecule has 0 aliphatic rings. The number of aromatic nitrogens is 1. The molecule has 1 aromatic heterocycles. The quantitative estimate of drug-likeness (QED) is 0.314. The first kappa shape index (κ1) is 23.0. The minimum absolute atomic E-state index is 0.0120. The largest absolute Gasteiger partial charge is 0.383 e. The van der Waals surface area contributed by atoms with E-state index < -0.39 is 10.0 Å². The molecular weight excluding hydrogens is 448 g/mol. The molecule has 4 rings (SSSR count). The van der Waals surface area contributed by atoms with Crippen molar-refractivity contribution in [2.45, 2.75) is 4.90 Å². The van der Waals surface area contributed by atoms with Gasteiger partial charge < -0.3 is 10.6 Å². The van der Waals surface area contributed by atoms with Crippen molar-refractivity contribution in [3.8, 4) is 11.1 Å². The van der Waals surface area contributed by atoms with Gasteiger partial charge in [0.05, 0.1) is 10.6 Å². The van der Waals surface area contributed by atoms with Crippen LogP contribution >= 0.6 is 0 Å². The van der Waals surface area contributed by atoms with E-state index in [1.165, 1.54) is 12.1 Å². The van der Waals surface area contributed by atoms with Crippen molar-refractivity contribution < 1.29 is 13.2 Å². The number of carbonyl (C=O) groups is 1. The van der Waals surface area contributed by atoms with Gasteiger partial charge in [-0.25, -0.2) is 8.42 Å². The van der Waals surface area contributed by atoms with Crippen LogP contribution in [0, 0.1) is 0 Å². The zero-order chi connectivity index (χ0) is 23.8. The van der Waals surface area contributed by atoms with Crippen LogP contribution in [0.1, 0.15) is 10.4 Å². The summed E-state index contributed by atoms with van der Waals surface area (Å²) in [5.74, 6) is -0.349. The fourth-order valence-electron chi connectivity index (χ4n) is 3.40. The smallest absolute Gasteiger partial charge is 0.261 e. The molecule has 0 aliphatic carbocycles. The zero-order valence-corrected chi connectivity index (χ0v) is 19.1. The summed E-state index contributed by atoms with van der Waals surface area (Å²) in [6, 6.07) is 26.4. The highest BCUT2D eigenvalue weighted by molar-refractivity contribution is 7.92. The molecule has 8 heteroatoms. The van der Waals surface area contributed by atoms with Crippen LogP contribution in [0.5, 0.6) is 0 Å². The predicted octanol–water partition coefficient (Wildman–Crippen LogP) is 4.39. The van der Waals surface area contributed by atoms with Crippen molar-refractivity contribution >= 4 is 27.3 Å². The van der Waals surface area contributed by atoms with E-state index >= 15 is 0 Å². The van der Waals surface area contributed by atoms with Gasteiger partial charge in [-0.15, -0.1) is 0 Å². The second-order valence-corrected chi connectivity index (χ2v) is 9.15. The summed E-state index contributed by atoms with van der Waals surface area (Å²) in [4.78, 5) is 16.5. The molecule has 0 saturated carbocycles. The first-order valence-corrected chi connectivity index (χ1v) is 12.2. The number of hydrogen-bond donors (Lipinski definition) is 3. The lowest BCUT2D eigenvalue weighted by Gasteiger charge is -2.13. The van der Waals surface area contributed by atoms with E-state index in [1.54, 1.807) is 36.7 Å². The van der Waals surface area contributed by atoms with Gasteiger partial charge in [-0.3, -0.25) is 14.5 Å². The molecular formula is C26H24N4O3S. The third-order valence-electron chi connectivity index (χ3n) is 5.08. The van der Waals surface area contributed by atoms with Crippen molar-refractivity contribution in [2.24, 2.45) is 0 Å². The summed E-state index contributed by atoms with van der Waals surface area (Å²) in [5.41, 5.74) is 3.30. The maximum atomic E-state index is 13.1. The lowest BCUT2D eigenvalue weighted by Crippen LogP contribution is -2.29. The Labute approximate surface area is 198 Å². The molecule has 3 aromatic carbocycles. The minimum atomic E-state index is -3.91. The number of rotatable bonds is 9. The number of carbonyl (C=O) groups excluding carboxylic acids is 1. The van der Waals surface area contributed by atoms with Gasteiger partial charge in [0, 0.05) is 42.3 Å². The van der Waals surface area contributed by atoms with Crippen molar-refractivity contribution in [1.82, 2.24) is 10.3 Å². The zero-order valence-electron chi connectivity index (χ0n) is 18.3. The van der Waals surface area contributed by atoms with E-state index in [0.29, 0.717) is 18.8 Å². The van der Waals surface area contributed by atoms with Crippen LogP contribution in [-0.2, 0) is 10.0 Å². The van der Waals surface area contributed by atoms with E-state index in [2.05, 4.69) is 20.3 Å². The van der Waals surface area contributed by atoms with E-state index in [-0.39, 0.29) is 16.4 Å². The molecule has 0 aliphatic heterocycles. The summed E-state index contributed by atoms with van der Waals surface area (Å²) in [6.45, 7) is 0.895. The van der Waals surface area contributed by atoms with Gasteiger partial charge in [0.15, 0.2) is 0 Å². The van der Waals surface area contributed by atoms with Gasteiger partial charge in [-0.2, -0.15) is 0 Å². The second kappa shape index (κ2) is 10.6. The molecule has 0 bridgehead atoms. The molecule has 0 atom stereocenters. The maximum Gasteiger partial charge on any atom is 0.261 e. The van der Waals surface area contributed by atoms with Gasteiger partial charge in [0.1, 0.15) is 0 Å². The Morgan fingerprint density at radius 1 is 0.794 bits per heavy atom. The molecule has 34 heavy (non-hydrogen) atoms. The summed E-state index contributed by atoms with van der Waals surface area (Å²) >= 11 is 0. The van der Waals surface area contributed by atoms with Gasteiger partial charge in [-0.05, 0) is 42.0 Å². The monoisotopic (exact) mass is 472 g/mol. The molecule has 4 aromatic rings. The molecule has 0 saturated heterocycles. The van der Waals surface area contributed by atoms with Crippen LogP contribution in [0.2, 0.25) is 0 Å². The third-order valence-corrected chi connectivity index (χ3v) is 6.45. The van der Waals surface area contributed by atoms with Gasteiger partial charge >= 0.3 is 0 Å². The number of anilines is 2. The Morgan fingerprint density at radius 2 is 1.53 bits per heavy atom. The van der Waals surface area contributed by atoms with Crippen LogP contribution in [-0.4, -0.2) is 32.4 Å². The highest BCUT2D eigenvalue weighted by Crippen LogP contribution is 2.29. The van der Waals surface area contributed by atoms with Crippen molar-refractivity contribution in [1.29, 1.82) is 0 Å². The number of nitrogens with one attached hydrogen (secondary N) is 3. The van der Waals surface area contributed by atoms with Crippen LogP contribution < -0.4 is 15.4 Å². The van der Waals surface area contributed by atoms with E-state index in [1.807, 2.05) is 54.6 Å². The first-order chi connectivity index (χ1) is 16.5. The number of nitrogens with zero attached hydrogens (tertiary/aromatic N) is 1. The Bertz CT molecular complexity index is 1360. The number of benzene rings is 3. The molecule has 172 valence electrons. The minimum Gasteiger partial charge on any atom is -0.383 e. The Kier molecular flexibility index (Phi) is 7.19. The Morgan fingerprint density at radius 3 is 2.32 bits per heavy atom. The molecule has 0 unspecified atom stereocenters. The number of pyridine rings is 1. The number of amides is 1. The Balaban J connectivity index is 1.44.